The van der Waals surface area contributed by atoms with Crippen molar-refractivity contribution in [3.05, 3.63) is 35.9 Å². The molecule has 0 unspecified atom stereocenters. The van der Waals surface area contributed by atoms with Gasteiger partial charge in [0, 0.05) is 39.4 Å². The first kappa shape index (κ1) is 15.5. The van der Waals surface area contributed by atoms with Crippen molar-refractivity contribution < 1.29 is 4.74 Å². The van der Waals surface area contributed by atoms with Gasteiger partial charge in [0.25, 0.3) is 0 Å². The van der Waals surface area contributed by atoms with Crippen molar-refractivity contribution in [2.45, 2.75) is 31.8 Å². The quantitative estimate of drug-likeness (QED) is 0.679. The molecule has 3 heteroatoms. The summed E-state index contributed by atoms with van der Waals surface area (Å²) in [6.07, 6.45) is 3.70. The number of rotatable bonds is 8. The average molecular weight is 276 g/mol. The highest BCUT2D eigenvalue weighted by Gasteiger charge is 2.25. The number of likely N-dealkylation sites (tertiary alicyclic amines) is 1. The third-order valence-corrected chi connectivity index (χ3v) is 4.23. The smallest absolute Gasteiger partial charge is 0.0462 e. The Labute approximate surface area is 123 Å². The van der Waals surface area contributed by atoms with Gasteiger partial charge in [-0.1, -0.05) is 30.3 Å². The largest absolute Gasteiger partial charge is 0.385 e. The minimum Gasteiger partial charge on any atom is -0.385 e. The predicted octanol–water partition coefficient (Wildman–Crippen LogP) is 2.62. The Kier molecular flexibility index (Phi) is 6.51. The highest BCUT2D eigenvalue weighted by Crippen LogP contribution is 2.17. The van der Waals surface area contributed by atoms with Crippen molar-refractivity contribution >= 4 is 0 Å². The topological polar surface area (TPSA) is 15.7 Å². The number of hydrogen-bond acceptors (Lipinski definition) is 3. The number of ether oxygens (including phenoxy) is 1. The number of benzene rings is 1. The molecule has 1 aliphatic rings. The number of likely N-dealkylation sites (N-methyl/N-ethyl adjacent to an activating group) is 1. The fourth-order valence-corrected chi connectivity index (χ4v) is 2.95. The van der Waals surface area contributed by atoms with Gasteiger partial charge in [-0.3, -0.25) is 4.90 Å². The summed E-state index contributed by atoms with van der Waals surface area (Å²) in [5, 5.41) is 0. The summed E-state index contributed by atoms with van der Waals surface area (Å²) in [6.45, 7) is 5.60. The predicted molar refractivity (Wildman–Crippen MR) is 83.9 cm³/mol. The van der Waals surface area contributed by atoms with Gasteiger partial charge in [-0.2, -0.15) is 0 Å². The molecule has 1 aliphatic heterocycles. The Morgan fingerprint density at radius 3 is 2.80 bits per heavy atom. The number of unbranched alkanes of at least 4 members (excludes halogenated alkanes) is 1. The van der Waals surface area contributed by atoms with Crippen molar-refractivity contribution in [2.24, 2.45) is 0 Å². The zero-order valence-corrected chi connectivity index (χ0v) is 12.9. The van der Waals surface area contributed by atoms with E-state index in [1.54, 1.807) is 7.11 Å². The summed E-state index contributed by atoms with van der Waals surface area (Å²) < 4.78 is 5.11. The Hall–Kier alpha value is -0.900. The zero-order valence-electron chi connectivity index (χ0n) is 12.9. The van der Waals surface area contributed by atoms with Crippen LogP contribution in [0.15, 0.2) is 30.3 Å². The fraction of sp³-hybridized carbons (Fsp3) is 0.647. The lowest BCUT2D eigenvalue weighted by Gasteiger charge is -2.24. The summed E-state index contributed by atoms with van der Waals surface area (Å²) >= 11 is 0. The number of nitrogens with zero attached hydrogens (tertiary/aromatic N) is 2. The Morgan fingerprint density at radius 2 is 2.05 bits per heavy atom. The molecule has 1 atom stereocenters. The Bertz CT molecular complexity index is 369. The summed E-state index contributed by atoms with van der Waals surface area (Å²) in [6, 6.07) is 11.5. The van der Waals surface area contributed by atoms with Crippen molar-refractivity contribution in [1.82, 2.24) is 9.80 Å². The van der Waals surface area contributed by atoms with E-state index in [1.807, 2.05) is 0 Å². The van der Waals surface area contributed by atoms with Gasteiger partial charge in [0.1, 0.15) is 0 Å². The molecule has 0 spiro atoms. The van der Waals surface area contributed by atoms with Gasteiger partial charge < -0.3 is 9.64 Å². The van der Waals surface area contributed by atoms with Crippen molar-refractivity contribution in [3.63, 3.8) is 0 Å². The van der Waals surface area contributed by atoms with Crippen LogP contribution in [-0.4, -0.2) is 56.2 Å². The molecule has 0 aliphatic carbocycles. The summed E-state index contributed by atoms with van der Waals surface area (Å²) in [5.74, 6) is 0. The monoisotopic (exact) mass is 276 g/mol. The summed E-state index contributed by atoms with van der Waals surface area (Å²) in [4.78, 5) is 5.10. The first-order valence-corrected chi connectivity index (χ1v) is 7.75. The lowest BCUT2D eigenvalue weighted by Crippen LogP contribution is -2.35. The van der Waals surface area contributed by atoms with Crippen LogP contribution < -0.4 is 0 Å². The Morgan fingerprint density at radius 1 is 1.25 bits per heavy atom. The normalized spacial score (nSPS) is 19.9. The van der Waals surface area contributed by atoms with Crippen LogP contribution in [0, 0.1) is 0 Å². The second kappa shape index (κ2) is 8.40. The molecule has 1 heterocycles. The molecular formula is C17H28N2O. The second-order valence-electron chi connectivity index (χ2n) is 5.84. The van der Waals surface area contributed by atoms with Crippen LogP contribution in [0.1, 0.15) is 24.8 Å². The van der Waals surface area contributed by atoms with Crippen LogP contribution >= 0.6 is 0 Å². The second-order valence-corrected chi connectivity index (χ2v) is 5.84. The van der Waals surface area contributed by atoms with Crippen LogP contribution in [0.25, 0.3) is 0 Å². The van der Waals surface area contributed by atoms with Crippen LogP contribution in [0.4, 0.5) is 0 Å². The summed E-state index contributed by atoms with van der Waals surface area (Å²) in [7, 11) is 4.05. The fourth-order valence-electron chi connectivity index (χ4n) is 2.95. The highest BCUT2D eigenvalue weighted by molar-refractivity contribution is 5.14. The molecule has 0 amide bonds. The van der Waals surface area contributed by atoms with Gasteiger partial charge in [0.2, 0.25) is 0 Å². The molecule has 2 rings (SSSR count). The molecule has 1 fully saturated rings. The SMILES string of the molecule is COCCCCN(C)[C@H]1CCN(Cc2ccccc2)C1. The molecule has 112 valence electrons. The van der Waals surface area contributed by atoms with E-state index in [9.17, 15) is 0 Å². The van der Waals surface area contributed by atoms with Crippen LogP contribution in [0.3, 0.4) is 0 Å². The van der Waals surface area contributed by atoms with E-state index in [4.69, 9.17) is 4.74 Å². The van der Waals surface area contributed by atoms with Crippen LogP contribution in [0.5, 0.6) is 0 Å². The maximum absolute atomic E-state index is 5.11. The van der Waals surface area contributed by atoms with Crippen molar-refractivity contribution in [1.29, 1.82) is 0 Å². The molecule has 0 N–H and O–H groups in total. The van der Waals surface area contributed by atoms with E-state index in [0.29, 0.717) is 0 Å². The maximum atomic E-state index is 5.11. The molecule has 0 aromatic heterocycles. The van der Waals surface area contributed by atoms with Gasteiger partial charge in [0.15, 0.2) is 0 Å². The highest BCUT2D eigenvalue weighted by atomic mass is 16.5. The molecule has 0 radical (unpaired) electrons. The van der Waals surface area contributed by atoms with Crippen LogP contribution in [-0.2, 0) is 11.3 Å². The zero-order chi connectivity index (χ0) is 14.2. The van der Waals surface area contributed by atoms with Gasteiger partial charge in [-0.15, -0.1) is 0 Å². The van der Waals surface area contributed by atoms with Gasteiger partial charge >= 0.3 is 0 Å². The van der Waals surface area contributed by atoms with Crippen molar-refractivity contribution in [3.8, 4) is 0 Å². The van der Waals surface area contributed by atoms with E-state index in [1.165, 1.54) is 44.5 Å². The maximum Gasteiger partial charge on any atom is 0.0462 e. The van der Waals surface area contributed by atoms with Gasteiger partial charge in [-0.25, -0.2) is 0 Å². The average Bonchev–Trinajstić information content (AvgIpc) is 2.93. The van der Waals surface area contributed by atoms with E-state index >= 15 is 0 Å². The minimum absolute atomic E-state index is 0.723. The lowest BCUT2D eigenvalue weighted by atomic mass is 10.2. The first-order valence-electron chi connectivity index (χ1n) is 7.75. The summed E-state index contributed by atoms with van der Waals surface area (Å²) in [5.41, 5.74) is 1.43. The lowest BCUT2D eigenvalue weighted by molar-refractivity contribution is 0.179. The van der Waals surface area contributed by atoms with Crippen LogP contribution in [0.2, 0.25) is 0 Å². The third kappa shape index (κ3) is 4.89. The molecule has 0 saturated carbocycles. The molecular weight excluding hydrogens is 248 g/mol. The van der Waals surface area contributed by atoms with Crippen molar-refractivity contribution in [2.75, 3.05) is 40.4 Å². The Balaban J connectivity index is 1.69. The molecule has 0 bridgehead atoms. The first-order chi connectivity index (χ1) is 9.79. The van der Waals surface area contributed by atoms with E-state index in [-0.39, 0.29) is 0 Å². The van der Waals surface area contributed by atoms with Gasteiger partial charge in [0.05, 0.1) is 0 Å². The molecule has 20 heavy (non-hydrogen) atoms. The van der Waals surface area contributed by atoms with Gasteiger partial charge in [-0.05, 0) is 38.4 Å². The number of methoxy groups -OCH3 is 1. The van der Waals surface area contributed by atoms with E-state index in [0.717, 1.165) is 19.2 Å². The molecule has 3 nitrogen and oxygen atoms in total. The standard InChI is InChI=1S/C17H28N2O/c1-18(11-6-7-13-20-2)17-10-12-19(15-17)14-16-8-4-3-5-9-16/h3-5,8-9,17H,6-7,10-15H2,1-2H3/t17-/m0/s1. The molecule has 1 saturated heterocycles. The minimum atomic E-state index is 0.723. The molecule has 1 aromatic rings. The van der Waals surface area contributed by atoms with E-state index in [2.05, 4.69) is 47.2 Å². The molecule has 1 aromatic carbocycles. The number of hydrogen-bond donors (Lipinski definition) is 0. The van der Waals surface area contributed by atoms with E-state index < -0.39 is 0 Å². The third-order valence-electron chi connectivity index (χ3n) is 4.23.